The van der Waals surface area contributed by atoms with Crippen LogP contribution in [0.4, 0.5) is 29.2 Å². The highest BCUT2D eigenvalue weighted by atomic mass is 35.5. The third-order valence-corrected chi connectivity index (χ3v) is 7.13. The van der Waals surface area contributed by atoms with Crippen LogP contribution in [0.5, 0.6) is 11.8 Å². The Hall–Kier alpha value is -3.63. The number of anilines is 2. The fraction of sp³-hybridized carbons (Fsp3) is 0.462. The maximum Gasteiger partial charge on any atom is 0.418 e. The molecule has 9 nitrogen and oxygen atoms in total. The second kappa shape index (κ2) is 10.4. The van der Waals surface area contributed by atoms with Crippen LogP contribution in [0.15, 0.2) is 6.07 Å². The first-order valence-corrected chi connectivity index (χ1v) is 12.9. The van der Waals surface area contributed by atoms with Crippen LogP contribution >= 0.6 is 11.6 Å². The molecule has 2 aliphatic rings. The number of pyridine rings is 1. The average molecular weight is 580 g/mol. The van der Waals surface area contributed by atoms with Crippen molar-refractivity contribution in [3.63, 3.8) is 0 Å². The molecule has 1 aromatic carbocycles. The van der Waals surface area contributed by atoms with E-state index in [1.807, 2.05) is 23.9 Å². The molecule has 0 amide bonds. The van der Waals surface area contributed by atoms with Crippen LogP contribution in [-0.2, 0) is 6.18 Å². The van der Waals surface area contributed by atoms with E-state index < -0.39 is 39.9 Å². The quantitative estimate of drug-likeness (QED) is 0.309. The minimum atomic E-state index is -4.89. The lowest BCUT2D eigenvalue weighted by Crippen LogP contribution is -2.42. The van der Waals surface area contributed by atoms with Gasteiger partial charge < -0.3 is 29.9 Å². The van der Waals surface area contributed by atoms with Crippen molar-refractivity contribution in [3.8, 4) is 23.0 Å². The molecule has 0 radical (unpaired) electrons. The standard InChI is InChI=1S/C26H26ClF4N7O2/c1-12-9-15(32)34-21(18(12)26(29,30)31)16-19(27)23-17-22(20(16)28)35-25(39-8-7-37(3)4)36-24(17)38(13-5-6-13)14(10-33-2)11-40-23/h9,13-14H,5-8,10-11H2,1,3-4H3,(H2,32,34). The van der Waals surface area contributed by atoms with Gasteiger partial charge in [-0.2, -0.15) is 23.1 Å². The number of nitrogens with zero attached hydrogens (tertiary/aromatic N) is 6. The summed E-state index contributed by atoms with van der Waals surface area (Å²) in [5.41, 5.74) is 2.64. The minimum Gasteiger partial charge on any atom is -0.489 e. The number of benzene rings is 1. The van der Waals surface area contributed by atoms with Crippen LogP contribution in [0, 0.1) is 19.3 Å². The van der Waals surface area contributed by atoms with E-state index in [0.717, 1.165) is 18.9 Å². The molecule has 1 atom stereocenters. The fourth-order valence-electron chi connectivity index (χ4n) is 4.89. The summed E-state index contributed by atoms with van der Waals surface area (Å²) in [6.45, 7) is 9.37. The monoisotopic (exact) mass is 579 g/mol. The van der Waals surface area contributed by atoms with Crippen LogP contribution in [-0.4, -0.2) is 72.3 Å². The molecule has 0 spiro atoms. The molecule has 2 N–H and O–H groups in total. The largest absolute Gasteiger partial charge is 0.489 e. The van der Waals surface area contributed by atoms with Gasteiger partial charge in [-0.1, -0.05) is 11.6 Å². The summed E-state index contributed by atoms with van der Waals surface area (Å²) >= 11 is 6.67. The van der Waals surface area contributed by atoms with Crippen molar-refractivity contribution in [2.45, 2.75) is 38.0 Å². The maximum atomic E-state index is 16.5. The zero-order valence-electron chi connectivity index (χ0n) is 21.9. The Balaban J connectivity index is 1.83. The first-order valence-electron chi connectivity index (χ1n) is 12.5. The molecule has 1 aliphatic carbocycles. The fourth-order valence-corrected chi connectivity index (χ4v) is 5.21. The summed E-state index contributed by atoms with van der Waals surface area (Å²) in [6, 6.07) is 0.450. The number of hydrogen-bond acceptors (Lipinski definition) is 8. The SMILES string of the molecule is [C-]#[N+]CC1COc2c(Cl)c(-c3nc(N)cc(C)c3C(F)(F)F)c(F)c3nc(OCCN(C)C)nc(c23)N1C1CC1. The van der Waals surface area contributed by atoms with E-state index >= 15 is 4.39 Å². The molecule has 14 heteroatoms. The maximum absolute atomic E-state index is 16.5. The Bertz CT molecular complexity index is 1520. The summed E-state index contributed by atoms with van der Waals surface area (Å²) < 4.78 is 70.9. The van der Waals surface area contributed by atoms with Gasteiger partial charge in [0.1, 0.15) is 36.4 Å². The number of hydrogen-bond donors (Lipinski definition) is 1. The van der Waals surface area contributed by atoms with E-state index in [4.69, 9.17) is 33.4 Å². The minimum absolute atomic E-state index is 0.0191. The number of aromatic nitrogens is 3. The number of rotatable bonds is 7. The number of halogens is 5. The Morgan fingerprint density at radius 2 is 2.00 bits per heavy atom. The van der Waals surface area contributed by atoms with E-state index in [1.54, 1.807) is 0 Å². The van der Waals surface area contributed by atoms with Gasteiger partial charge in [-0.05, 0) is 45.5 Å². The van der Waals surface area contributed by atoms with Crippen molar-refractivity contribution < 1.29 is 27.0 Å². The van der Waals surface area contributed by atoms with Crippen molar-refractivity contribution in [3.05, 3.63) is 39.5 Å². The van der Waals surface area contributed by atoms with E-state index in [9.17, 15) is 13.2 Å². The van der Waals surface area contributed by atoms with Gasteiger partial charge in [-0.15, -0.1) is 0 Å². The lowest BCUT2D eigenvalue weighted by Gasteiger charge is -2.28. The number of aryl methyl sites for hydroxylation is 1. The molecular weight excluding hydrogens is 554 g/mol. The zero-order chi connectivity index (χ0) is 28.9. The third kappa shape index (κ3) is 5.01. The van der Waals surface area contributed by atoms with Crippen molar-refractivity contribution in [2.75, 3.05) is 51.0 Å². The van der Waals surface area contributed by atoms with Gasteiger partial charge in [0.25, 0.3) is 0 Å². The lowest BCUT2D eigenvalue weighted by atomic mass is 9.98. The van der Waals surface area contributed by atoms with Crippen molar-refractivity contribution in [2.24, 2.45) is 0 Å². The van der Waals surface area contributed by atoms with E-state index in [2.05, 4.69) is 19.8 Å². The van der Waals surface area contributed by atoms with Gasteiger partial charge in [-0.25, -0.2) is 15.9 Å². The Morgan fingerprint density at radius 1 is 1.27 bits per heavy atom. The second-order valence-corrected chi connectivity index (χ2v) is 10.4. The van der Waals surface area contributed by atoms with Crippen molar-refractivity contribution >= 4 is 34.1 Å². The van der Waals surface area contributed by atoms with Crippen LogP contribution < -0.4 is 20.1 Å². The van der Waals surface area contributed by atoms with Gasteiger partial charge in [0, 0.05) is 12.6 Å². The average Bonchev–Trinajstić information content (AvgIpc) is 3.68. The molecule has 212 valence electrons. The number of likely N-dealkylation sites (N-methyl/N-ethyl adjacent to an activating group) is 1. The van der Waals surface area contributed by atoms with Gasteiger partial charge >= 0.3 is 12.2 Å². The number of ether oxygens (including phenoxy) is 2. The molecule has 2 aromatic heterocycles. The molecule has 1 aliphatic heterocycles. The highest BCUT2D eigenvalue weighted by molar-refractivity contribution is 6.36. The number of alkyl halides is 3. The van der Waals surface area contributed by atoms with Gasteiger partial charge in [0.15, 0.2) is 11.6 Å². The second-order valence-electron chi connectivity index (χ2n) is 10.1. The summed E-state index contributed by atoms with van der Waals surface area (Å²) in [5.74, 6) is -1.21. The predicted molar refractivity (Wildman–Crippen MR) is 142 cm³/mol. The molecular formula is C26H26ClF4N7O2. The van der Waals surface area contributed by atoms with Crippen molar-refractivity contribution in [1.29, 1.82) is 0 Å². The lowest BCUT2D eigenvalue weighted by molar-refractivity contribution is -0.137. The molecule has 3 heterocycles. The van der Waals surface area contributed by atoms with E-state index in [-0.39, 0.29) is 65.7 Å². The zero-order valence-corrected chi connectivity index (χ0v) is 22.7. The van der Waals surface area contributed by atoms with Crippen LogP contribution in [0.1, 0.15) is 24.0 Å². The van der Waals surface area contributed by atoms with Crippen LogP contribution in [0.25, 0.3) is 27.0 Å². The Morgan fingerprint density at radius 3 is 2.62 bits per heavy atom. The Labute approximate surface area is 232 Å². The van der Waals surface area contributed by atoms with Crippen LogP contribution in [0.2, 0.25) is 5.02 Å². The number of nitrogens with two attached hydrogens (primary N) is 1. The van der Waals surface area contributed by atoms with E-state index in [0.29, 0.717) is 6.54 Å². The van der Waals surface area contributed by atoms with Gasteiger partial charge in [0.2, 0.25) is 6.54 Å². The molecule has 1 unspecified atom stereocenters. The first-order chi connectivity index (χ1) is 18.9. The molecule has 1 fully saturated rings. The molecule has 0 bridgehead atoms. The molecule has 3 aromatic rings. The summed E-state index contributed by atoms with van der Waals surface area (Å²) in [5, 5.41) is -0.321. The molecule has 5 rings (SSSR count). The molecule has 40 heavy (non-hydrogen) atoms. The normalized spacial score (nSPS) is 17.1. The molecule has 0 saturated heterocycles. The Kier molecular flexibility index (Phi) is 7.26. The number of nitrogen functional groups attached to an aromatic ring is 1. The summed E-state index contributed by atoms with van der Waals surface area (Å²) in [6.07, 6.45) is -3.25. The van der Waals surface area contributed by atoms with Crippen LogP contribution in [0.3, 0.4) is 0 Å². The topological polar surface area (TPSA) is 94.0 Å². The highest BCUT2D eigenvalue weighted by Crippen LogP contribution is 2.51. The summed E-state index contributed by atoms with van der Waals surface area (Å²) in [4.78, 5) is 20.0. The summed E-state index contributed by atoms with van der Waals surface area (Å²) in [7, 11) is 3.69. The molecule has 1 saturated carbocycles. The predicted octanol–water partition coefficient (Wildman–Crippen LogP) is 4.98. The van der Waals surface area contributed by atoms with E-state index in [1.165, 1.54) is 6.92 Å². The third-order valence-electron chi connectivity index (χ3n) is 6.77. The van der Waals surface area contributed by atoms with Crippen molar-refractivity contribution in [1.82, 2.24) is 19.9 Å². The smallest absolute Gasteiger partial charge is 0.418 e. The van der Waals surface area contributed by atoms with Gasteiger partial charge in [0.05, 0.1) is 27.2 Å². The first kappa shape index (κ1) is 27.9. The highest BCUT2D eigenvalue weighted by Gasteiger charge is 2.43. The van der Waals surface area contributed by atoms with Gasteiger partial charge in [-0.3, -0.25) is 0 Å².